The van der Waals surface area contributed by atoms with Crippen LogP contribution in [0.5, 0.6) is 0 Å². The van der Waals surface area contributed by atoms with Gasteiger partial charge in [0.05, 0.1) is 6.54 Å². The lowest BCUT2D eigenvalue weighted by molar-refractivity contribution is -0.116. The molecule has 20 heavy (non-hydrogen) atoms. The van der Waals surface area contributed by atoms with Crippen molar-refractivity contribution in [2.24, 2.45) is 0 Å². The van der Waals surface area contributed by atoms with Crippen LogP contribution in [0.1, 0.15) is 29.3 Å². The number of aliphatic hydroxyl groups excluding tert-OH is 1. The molecule has 2 rings (SSSR count). The van der Waals surface area contributed by atoms with Crippen molar-refractivity contribution in [3.05, 3.63) is 29.3 Å². The number of nitrogens with one attached hydrogen (secondary N) is 1. The fraction of sp³-hybridized carbons (Fsp3) is 0.467. The zero-order valence-corrected chi connectivity index (χ0v) is 11.7. The predicted octanol–water partition coefficient (Wildman–Crippen LogP) is 0.750. The van der Waals surface area contributed by atoms with Gasteiger partial charge in [-0.25, -0.2) is 0 Å². The van der Waals surface area contributed by atoms with E-state index in [1.807, 2.05) is 12.1 Å². The summed E-state index contributed by atoms with van der Waals surface area (Å²) in [5.74, 6) is 0.0699. The molecule has 0 fully saturated rings. The van der Waals surface area contributed by atoms with E-state index in [0.29, 0.717) is 25.1 Å². The first-order chi connectivity index (χ1) is 9.63. The minimum Gasteiger partial charge on any atom is -0.396 e. The van der Waals surface area contributed by atoms with Crippen molar-refractivity contribution in [3.8, 4) is 0 Å². The van der Waals surface area contributed by atoms with Crippen LogP contribution in [0.4, 0.5) is 5.69 Å². The number of anilines is 1. The lowest BCUT2D eigenvalue weighted by Crippen LogP contribution is -2.26. The van der Waals surface area contributed by atoms with Crippen molar-refractivity contribution in [2.75, 3.05) is 31.1 Å². The number of benzene rings is 1. The molecule has 5 heteroatoms. The normalized spacial score (nSPS) is 13.4. The van der Waals surface area contributed by atoms with Crippen LogP contribution >= 0.6 is 0 Å². The molecule has 0 saturated carbocycles. The molecule has 0 unspecified atom stereocenters. The molecule has 1 aromatic carbocycles. The van der Waals surface area contributed by atoms with Crippen LogP contribution in [0.25, 0.3) is 0 Å². The van der Waals surface area contributed by atoms with Gasteiger partial charge in [0.25, 0.3) is 0 Å². The maximum absolute atomic E-state index is 12.0. The average molecular weight is 276 g/mol. The smallest absolute Gasteiger partial charge is 0.223 e. The molecular weight excluding hydrogens is 256 g/mol. The standard InChI is InChI=1S/C15H20N2O3/c1-11(19)17-7-5-12-9-13(3-4-14(12)17)15(20)10-16-6-2-8-18/h3-4,9,16,18H,2,5-8,10H2,1H3. The van der Waals surface area contributed by atoms with Gasteiger partial charge in [0.1, 0.15) is 0 Å². The zero-order chi connectivity index (χ0) is 14.5. The molecule has 1 heterocycles. The van der Waals surface area contributed by atoms with Gasteiger partial charge in [-0.15, -0.1) is 0 Å². The van der Waals surface area contributed by atoms with Gasteiger partial charge in [-0.3, -0.25) is 9.59 Å². The second-order valence-corrected chi connectivity index (χ2v) is 4.94. The Bertz CT molecular complexity index is 514. The SMILES string of the molecule is CC(=O)N1CCc2cc(C(=O)CNCCCO)ccc21. The van der Waals surface area contributed by atoms with Gasteiger partial charge in [0.15, 0.2) is 5.78 Å². The highest BCUT2D eigenvalue weighted by Gasteiger charge is 2.22. The number of rotatable bonds is 6. The van der Waals surface area contributed by atoms with Crippen molar-refractivity contribution in [2.45, 2.75) is 19.8 Å². The molecule has 0 aromatic heterocycles. The molecule has 0 saturated heterocycles. The van der Waals surface area contributed by atoms with Gasteiger partial charge in [0.2, 0.25) is 5.91 Å². The number of aliphatic hydroxyl groups is 1. The van der Waals surface area contributed by atoms with Crippen LogP contribution < -0.4 is 10.2 Å². The molecule has 2 N–H and O–H groups in total. The van der Waals surface area contributed by atoms with E-state index in [1.54, 1.807) is 17.9 Å². The third kappa shape index (κ3) is 3.23. The van der Waals surface area contributed by atoms with E-state index >= 15 is 0 Å². The molecule has 5 nitrogen and oxygen atoms in total. The van der Waals surface area contributed by atoms with Crippen LogP contribution in [0.15, 0.2) is 18.2 Å². The topological polar surface area (TPSA) is 69.6 Å². The number of ketones is 1. The Kier molecular flexibility index (Phi) is 4.87. The molecule has 0 radical (unpaired) electrons. The average Bonchev–Trinajstić information content (AvgIpc) is 2.86. The number of carbonyl (C=O) groups excluding carboxylic acids is 2. The summed E-state index contributed by atoms with van der Waals surface area (Å²) < 4.78 is 0. The van der Waals surface area contributed by atoms with E-state index in [0.717, 1.165) is 17.7 Å². The summed E-state index contributed by atoms with van der Waals surface area (Å²) in [6.45, 7) is 3.28. The van der Waals surface area contributed by atoms with Crippen LogP contribution in [-0.4, -0.2) is 43.0 Å². The van der Waals surface area contributed by atoms with Gasteiger partial charge in [-0.1, -0.05) is 0 Å². The molecule has 0 atom stereocenters. The lowest BCUT2D eigenvalue weighted by Gasteiger charge is -2.14. The van der Waals surface area contributed by atoms with Crippen LogP contribution in [0, 0.1) is 0 Å². The molecule has 1 aliphatic rings. The van der Waals surface area contributed by atoms with E-state index in [4.69, 9.17) is 5.11 Å². The van der Waals surface area contributed by atoms with Crippen LogP contribution in [-0.2, 0) is 11.2 Å². The van der Waals surface area contributed by atoms with Gasteiger partial charge in [-0.2, -0.15) is 0 Å². The Morgan fingerprint density at radius 2 is 2.20 bits per heavy atom. The van der Waals surface area contributed by atoms with Gasteiger partial charge < -0.3 is 15.3 Å². The van der Waals surface area contributed by atoms with Crippen molar-refractivity contribution in [1.29, 1.82) is 0 Å². The van der Waals surface area contributed by atoms with Crippen LogP contribution in [0.3, 0.4) is 0 Å². The summed E-state index contributed by atoms with van der Waals surface area (Å²) in [4.78, 5) is 25.2. The molecule has 0 aliphatic carbocycles. The molecule has 1 aliphatic heterocycles. The van der Waals surface area contributed by atoms with Crippen molar-refractivity contribution >= 4 is 17.4 Å². The molecule has 1 aromatic rings. The highest BCUT2D eigenvalue weighted by molar-refractivity contribution is 5.99. The Balaban J connectivity index is 2.01. The number of amides is 1. The van der Waals surface area contributed by atoms with Crippen molar-refractivity contribution in [1.82, 2.24) is 5.32 Å². The maximum atomic E-state index is 12.0. The monoisotopic (exact) mass is 276 g/mol. The summed E-state index contributed by atoms with van der Waals surface area (Å²) in [7, 11) is 0. The summed E-state index contributed by atoms with van der Waals surface area (Å²) in [6.07, 6.45) is 1.44. The van der Waals surface area contributed by atoms with E-state index < -0.39 is 0 Å². The third-order valence-corrected chi connectivity index (χ3v) is 3.47. The van der Waals surface area contributed by atoms with E-state index in [1.165, 1.54) is 0 Å². The summed E-state index contributed by atoms with van der Waals surface area (Å²) in [6, 6.07) is 5.51. The van der Waals surface area contributed by atoms with Crippen molar-refractivity contribution < 1.29 is 14.7 Å². The largest absolute Gasteiger partial charge is 0.396 e. The van der Waals surface area contributed by atoms with Gasteiger partial charge in [0, 0.05) is 31.3 Å². The summed E-state index contributed by atoms with van der Waals surface area (Å²) in [5.41, 5.74) is 2.65. The van der Waals surface area contributed by atoms with Crippen molar-refractivity contribution in [3.63, 3.8) is 0 Å². The number of hydrogen-bond donors (Lipinski definition) is 2. The lowest BCUT2D eigenvalue weighted by atomic mass is 10.1. The first-order valence-corrected chi connectivity index (χ1v) is 6.89. The van der Waals surface area contributed by atoms with E-state index in [9.17, 15) is 9.59 Å². The fourth-order valence-electron chi connectivity index (χ4n) is 2.41. The quantitative estimate of drug-likeness (QED) is 0.594. The Morgan fingerprint density at radius 1 is 1.40 bits per heavy atom. The molecule has 108 valence electrons. The summed E-state index contributed by atoms with van der Waals surface area (Å²) in [5, 5.41) is 11.7. The summed E-state index contributed by atoms with van der Waals surface area (Å²) >= 11 is 0. The number of fused-ring (bicyclic) bond motifs is 1. The van der Waals surface area contributed by atoms with Gasteiger partial charge >= 0.3 is 0 Å². The minimum atomic E-state index is 0.0343. The highest BCUT2D eigenvalue weighted by atomic mass is 16.3. The molecule has 0 bridgehead atoms. The second kappa shape index (κ2) is 6.63. The Hall–Kier alpha value is -1.72. The van der Waals surface area contributed by atoms with E-state index in [-0.39, 0.29) is 24.8 Å². The number of hydrogen-bond acceptors (Lipinski definition) is 4. The number of Topliss-reactive ketones (excluding diaryl/α,β-unsaturated/α-hetero) is 1. The molecular formula is C15H20N2O3. The van der Waals surface area contributed by atoms with E-state index in [2.05, 4.69) is 5.32 Å². The van der Waals surface area contributed by atoms with Gasteiger partial charge in [-0.05, 0) is 43.1 Å². The second-order valence-electron chi connectivity index (χ2n) is 4.94. The Morgan fingerprint density at radius 3 is 2.90 bits per heavy atom. The first-order valence-electron chi connectivity index (χ1n) is 6.89. The highest BCUT2D eigenvalue weighted by Crippen LogP contribution is 2.28. The molecule has 0 spiro atoms. The fourth-order valence-corrected chi connectivity index (χ4v) is 2.41. The first kappa shape index (κ1) is 14.7. The Labute approximate surface area is 118 Å². The number of carbonyl (C=O) groups is 2. The minimum absolute atomic E-state index is 0.0343. The number of nitrogens with zero attached hydrogens (tertiary/aromatic N) is 1. The predicted molar refractivity (Wildman–Crippen MR) is 77.1 cm³/mol. The zero-order valence-electron chi connectivity index (χ0n) is 11.7. The third-order valence-electron chi connectivity index (χ3n) is 3.47. The molecule has 1 amide bonds. The maximum Gasteiger partial charge on any atom is 0.223 e. The van der Waals surface area contributed by atoms with Crippen LogP contribution in [0.2, 0.25) is 0 Å².